The van der Waals surface area contributed by atoms with Crippen LogP contribution < -0.4 is 11.1 Å². The number of hydrogen-bond acceptors (Lipinski definition) is 2. The Bertz CT molecular complexity index is 1030. The molecule has 1 saturated heterocycles. The number of fused-ring (bicyclic) bond motifs is 1. The fourth-order valence-electron chi connectivity index (χ4n) is 4.24. The van der Waals surface area contributed by atoms with Gasteiger partial charge in [0.1, 0.15) is 0 Å². The van der Waals surface area contributed by atoms with Crippen molar-refractivity contribution in [3.8, 4) is 11.1 Å². The number of piperidine rings is 1. The topological polar surface area (TPSA) is 91.2 Å². The summed E-state index contributed by atoms with van der Waals surface area (Å²) in [6.07, 6.45) is 3.79. The number of primary amides is 1. The molecule has 6 heteroatoms. The summed E-state index contributed by atoms with van der Waals surface area (Å²) in [7, 11) is 0. The third-order valence-corrected chi connectivity index (χ3v) is 5.74. The standard InChI is InChI=1S/C23H26N4O2/c1-2-25-23(29)27-10-8-16(9-11-27)20-14-26-21-18(20)12-17(13-19(21)22(24)28)15-6-4-3-5-7-15/h3-7,12-14,16,26H,2,8-11H2,1H3,(H2,24,28)(H,25,29). The maximum absolute atomic E-state index is 12.1. The summed E-state index contributed by atoms with van der Waals surface area (Å²) in [5.41, 5.74) is 10.2. The van der Waals surface area contributed by atoms with Crippen molar-refractivity contribution >= 4 is 22.8 Å². The maximum atomic E-state index is 12.1. The molecule has 29 heavy (non-hydrogen) atoms. The minimum Gasteiger partial charge on any atom is -0.366 e. The van der Waals surface area contributed by atoms with Gasteiger partial charge < -0.3 is 20.9 Å². The quantitative estimate of drug-likeness (QED) is 0.632. The van der Waals surface area contributed by atoms with Gasteiger partial charge in [-0.1, -0.05) is 30.3 Å². The summed E-state index contributed by atoms with van der Waals surface area (Å²) >= 11 is 0. The molecule has 3 aromatic rings. The molecule has 1 aliphatic heterocycles. The minimum absolute atomic E-state index is 0.00672. The summed E-state index contributed by atoms with van der Waals surface area (Å²) in [6.45, 7) is 4.02. The lowest BCUT2D eigenvalue weighted by Crippen LogP contribution is -2.43. The number of aromatic nitrogens is 1. The lowest BCUT2D eigenvalue weighted by Gasteiger charge is -2.32. The first-order valence-electron chi connectivity index (χ1n) is 10.1. The average molecular weight is 390 g/mol. The highest BCUT2D eigenvalue weighted by atomic mass is 16.2. The fraction of sp³-hybridized carbons (Fsp3) is 0.304. The van der Waals surface area contributed by atoms with Crippen molar-refractivity contribution in [1.29, 1.82) is 0 Å². The van der Waals surface area contributed by atoms with Gasteiger partial charge in [0.25, 0.3) is 5.91 Å². The Morgan fingerprint density at radius 2 is 1.86 bits per heavy atom. The molecular weight excluding hydrogens is 364 g/mol. The number of amides is 3. The average Bonchev–Trinajstić information content (AvgIpc) is 3.18. The first kappa shape index (κ1) is 19.1. The van der Waals surface area contributed by atoms with Crippen molar-refractivity contribution in [3.05, 3.63) is 59.8 Å². The van der Waals surface area contributed by atoms with Crippen molar-refractivity contribution < 1.29 is 9.59 Å². The van der Waals surface area contributed by atoms with Crippen LogP contribution in [0.2, 0.25) is 0 Å². The van der Waals surface area contributed by atoms with Crippen LogP contribution in [0, 0.1) is 0 Å². The van der Waals surface area contributed by atoms with Crippen LogP contribution in [0.4, 0.5) is 4.79 Å². The summed E-state index contributed by atoms with van der Waals surface area (Å²) < 4.78 is 0. The van der Waals surface area contributed by atoms with Crippen molar-refractivity contribution in [2.24, 2.45) is 5.73 Å². The van der Waals surface area contributed by atoms with Gasteiger partial charge in [0, 0.05) is 31.2 Å². The number of aromatic amines is 1. The second-order valence-electron chi connectivity index (χ2n) is 7.52. The lowest BCUT2D eigenvalue weighted by molar-refractivity contribution is 0.100. The summed E-state index contributed by atoms with van der Waals surface area (Å²) in [5.74, 6) is -0.103. The molecule has 4 N–H and O–H groups in total. The largest absolute Gasteiger partial charge is 0.366 e. The molecule has 3 amide bonds. The van der Waals surface area contributed by atoms with E-state index >= 15 is 0 Å². The first-order chi connectivity index (χ1) is 14.1. The van der Waals surface area contributed by atoms with Crippen LogP contribution in [0.15, 0.2) is 48.7 Å². The number of likely N-dealkylation sites (tertiary alicyclic amines) is 1. The molecule has 4 rings (SSSR count). The molecule has 2 aromatic carbocycles. The molecule has 0 bridgehead atoms. The molecule has 0 aliphatic carbocycles. The van der Waals surface area contributed by atoms with Gasteiger partial charge in [-0.2, -0.15) is 0 Å². The molecule has 0 saturated carbocycles. The zero-order chi connectivity index (χ0) is 20.4. The van der Waals surface area contributed by atoms with Gasteiger partial charge >= 0.3 is 6.03 Å². The number of rotatable bonds is 4. The number of nitrogens with two attached hydrogens (primary N) is 1. The number of benzene rings is 2. The predicted octanol–water partition coefficient (Wildman–Crippen LogP) is 3.84. The number of carbonyl (C=O) groups is 2. The molecule has 150 valence electrons. The van der Waals surface area contributed by atoms with Crippen LogP contribution >= 0.6 is 0 Å². The Labute approximate surface area is 170 Å². The number of carbonyl (C=O) groups excluding carboxylic acids is 2. The maximum Gasteiger partial charge on any atom is 0.317 e. The van der Waals surface area contributed by atoms with Crippen LogP contribution in [-0.2, 0) is 0 Å². The highest BCUT2D eigenvalue weighted by molar-refractivity contribution is 6.07. The Morgan fingerprint density at radius 1 is 1.14 bits per heavy atom. The summed E-state index contributed by atoms with van der Waals surface area (Å²) in [4.78, 5) is 29.3. The Kier molecular flexibility index (Phi) is 5.25. The van der Waals surface area contributed by atoms with E-state index in [0.717, 1.165) is 48.0 Å². The molecule has 0 unspecified atom stereocenters. The Hall–Kier alpha value is -3.28. The van der Waals surface area contributed by atoms with Crippen LogP contribution in [0.1, 0.15) is 41.6 Å². The van der Waals surface area contributed by atoms with E-state index in [0.29, 0.717) is 18.0 Å². The first-order valence-corrected chi connectivity index (χ1v) is 10.1. The van der Waals surface area contributed by atoms with E-state index in [4.69, 9.17) is 5.73 Å². The second kappa shape index (κ2) is 7.99. The van der Waals surface area contributed by atoms with Gasteiger partial charge in [-0.05, 0) is 54.5 Å². The summed E-state index contributed by atoms with van der Waals surface area (Å²) in [5, 5.41) is 3.91. The highest BCUT2D eigenvalue weighted by Gasteiger charge is 2.26. The molecule has 2 heterocycles. The van der Waals surface area contributed by atoms with Gasteiger partial charge in [0.2, 0.25) is 0 Å². The third-order valence-electron chi connectivity index (χ3n) is 5.74. The SMILES string of the molecule is CCNC(=O)N1CCC(c2c[nH]c3c(C(N)=O)cc(-c4ccccc4)cc23)CC1. The number of hydrogen-bond donors (Lipinski definition) is 3. The van der Waals surface area contributed by atoms with Gasteiger partial charge in [0.15, 0.2) is 0 Å². The molecule has 1 fully saturated rings. The Balaban J connectivity index is 1.69. The van der Waals surface area contributed by atoms with Gasteiger partial charge in [-0.3, -0.25) is 4.79 Å². The van der Waals surface area contributed by atoms with Gasteiger partial charge in [-0.15, -0.1) is 0 Å². The van der Waals surface area contributed by atoms with E-state index < -0.39 is 5.91 Å². The van der Waals surface area contributed by atoms with E-state index in [2.05, 4.69) is 16.4 Å². The van der Waals surface area contributed by atoms with Crippen LogP contribution in [0.25, 0.3) is 22.0 Å². The summed E-state index contributed by atoms with van der Waals surface area (Å²) in [6, 6.07) is 14.0. The van der Waals surface area contributed by atoms with Crippen molar-refractivity contribution in [3.63, 3.8) is 0 Å². The molecule has 1 aliphatic rings. The van der Waals surface area contributed by atoms with Crippen molar-refractivity contribution in [2.45, 2.75) is 25.7 Å². The minimum atomic E-state index is -0.438. The van der Waals surface area contributed by atoms with Crippen LogP contribution in [-0.4, -0.2) is 41.5 Å². The number of H-pyrrole nitrogens is 1. The normalized spacial score (nSPS) is 14.9. The monoisotopic (exact) mass is 390 g/mol. The lowest BCUT2D eigenvalue weighted by atomic mass is 9.88. The smallest absolute Gasteiger partial charge is 0.317 e. The molecule has 1 aromatic heterocycles. The van der Waals surface area contributed by atoms with E-state index in [-0.39, 0.29) is 6.03 Å². The zero-order valence-corrected chi connectivity index (χ0v) is 16.6. The van der Waals surface area contributed by atoms with Crippen molar-refractivity contribution in [1.82, 2.24) is 15.2 Å². The number of nitrogens with zero attached hydrogens (tertiary/aromatic N) is 1. The van der Waals surface area contributed by atoms with Crippen molar-refractivity contribution in [2.75, 3.05) is 19.6 Å². The van der Waals surface area contributed by atoms with Crippen LogP contribution in [0.3, 0.4) is 0 Å². The fourth-order valence-corrected chi connectivity index (χ4v) is 4.24. The van der Waals surface area contributed by atoms with E-state index in [1.165, 1.54) is 5.56 Å². The van der Waals surface area contributed by atoms with Crippen LogP contribution in [0.5, 0.6) is 0 Å². The van der Waals surface area contributed by atoms with Gasteiger partial charge in [0.05, 0.1) is 11.1 Å². The van der Waals surface area contributed by atoms with E-state index in [9.17, 15) is 9.59 Å². The van der Waals surface area contributed by atoms with E-state index in [1.54, 1.807) is 0 Å². The zero-order valence-electron chi connectivity index (χ0n) is 16.6. The van der Waals surface area contributed by atoms with E-state index in [1.807, 2.05) is 54.4 Å². The highest BCUT2D eigenvalue weighted by Crippen LogP contribution is 2.36. The molecule has 0 spiro atoms. The molecular formula is C23H26N4O2. The molecule has 6 nitrogen and oxygen atoms in total. The second-order valence-corrected chi connectivity index (χ2v) is 7.52. The predicted molar refractivity (Wildman–Crippen MR) is 115 cm³/mol. The third kappa shape index (κ3) is 3.70. The number of urea groups is 1. The van der Waals surface area contributed by atoms with Gasteiger partial charge in [-0.25, -0.2) is 4.79 Å². The Morgan fingerprint density at radius 3 is 2.52 bits per heavy atom. The molecule has 0 radical (unpaired) electrons. The number of nitrogens with one attached hydrogen (secondary N) is 2. The molecule has 0 atom stereocenters.